The number of nitrogens with two attached hydrogens (primary N) is 1. The second-order valence-electron chi connectivity index (χ2n) is 5.87. The van der Waals surface area contributed by atoms with Gasteiger partial charge in [-0.2, -0.15) is 0 Å². The zero-order valence-electron chi connectivity index (χ0n) is 13.0. The normalized spacial score (nSPS) is 17.4. The van der Waals surface area contributed by atoms with E-state index in [1.54, 1.807) is 32.4 Å². The Balaban J connectivity index is 2.17. The maximum atomic E-state index is 12.7. The van der Waals surface area contributed by atoms with Gasteiger partial charge in [-0.25, -0.2) is 0 Å². The Morgan fingerprint density at radius 3 is 2.48 bits per heavy atom. The van der Waals surface area contributed by atoms with Crippen LogP contribution in [0.1, 0.15) is 30.1 Å². The van der Waals surface area contributed by atoms with Crippen molar-refractivity contribution < 1.29 is 14.3 Å². The van der Waals surface area contributed by atoms with Crippen LogP contribution in [0.2, 0.25) is 0 Å². The second-order valence-corrected chi connectivity index (χ2v) is 5.87. The van der Waals surface area contributed by atoms with E-state index < -0.39 is 0 Å². The lowest BCUT2D eigenvalue weighted by atomic mass is 9.80. The molecular weight excluding hydrogens is 268 g/mol. The summed E-state index contributed by atoms with van der Waals surface area (Å²) in [6.07, 6.45) is 1.86. The first-order valence-electron chi connectivity index (χ1n) is 7.24. The third-order valence-electron chi connectivity index (χ3n) is 4.39. The number of carbonyl (C=O) groups is 1. The molecule has 21 heavy (non-hydrogen) atoms. The highest BCUT2D eigenvalue weighted by Crippen LogP contribution is 2.32. The molecule has 1 heterocycles. The van der Waals surface area contributed by atoms with Crippen LogP contribution in [0, 0.1) is 5.41 Å². The first-order valence-corrected chi connectivity index (χ1v) is 7.24. The van der Waals surface area contributed by atoms with Crippen LogP contribution in [0.3, 0.4) is 0 Å². The standard InChI is InChI=1S/C16H24N2O3/c1-16(11-17)6-8-18(9-7-16)15(19)13-10-12(20-2)4-5-14(13)21-3/h4-5,10H,6-9,11,17H2,1-3H3. The summed E-state index contributed by atoms with van der Waals surface area (Å²) in [6, 6.07) is 5.29. The lowest BCUT2D eigenvalue weighted by Gasteiger charge is -2.38. The molecule has 0 aliphatic carbocycles. The monoisotopic (exact) mass is 292 g/mol. The number of benzene rings is 1. The van der Waals surface area contributed by atoms with Crippen molar-refractivity contribution in [1.29, 1.82) is 0 Å². The van der Waals surface area contributed by atoms with E-state index in [0.717, 1.165) is 25.9 Å². The number of ether oxygens (including phenoxy) is 2. The van der Waals surface area contributed by atoms with Gasteiger partial charge in [0, 0.05) is 13.1 Å². The summed E-state index contributed by atoms with van der Waals surface area (Å²) in [5.74, 6) is 1.22. The van der Waals surface area contributed by atoms with Gasteiger partial charge in [0.05, 0.1) is 19.8 Å². The molecule has 0 radical (unpaired) electrons. The van der Waals surface area contributed by atoms with Crippen LogP contribution in [-0.2, 0) is 0 Å². The zero-order chi connectivity index (χ0) is 15.5. The molecule has 2 N–H and O–H groups in total. The number of methoxy groups -OCH3 is 2. The number of hydrogen-bond donors (Lipinski definition) is 1. The van der Waals surface area contributed by atoms with Crippen molar-refractivity contribution in [2.45, 2.75) is 19.8 Å². The molecule has 0 atom stereocenters. The van der Waals surface area contributed by atoms with Crippen LogP contribution in [0.5, 0.6) is 11.5 Å². The first kappa shape index (κ1) is 15.6. The van der Waals surface area contributed by atoms with Gasteiger partial charge in [-0.05, 0) is 43.0 Å². The van der Waals surface area contributed by atoms with Crippen molar-refractivity contribution in [2.24, 2.45) is 11.1 Å². The Hall–Kier alpha value is -1.75. The van der Waals surface area contributed by atoms with Crippen molar-refractivity contribution in [1.82, 2.24) is 4.90 Å². The van der Waals surface area contributed by atoms with Gasteiger partial charge < -0.3 is 20.1 Å². The van der Waals surface area contributed by atoms with Gasteiger partial charge in [-0.15, -0.1) is 0 Å². The molecule has 0 saturated carbocycles. The van der Waals surface area contributed by atoms with E-state index in [4.69, 9.17) is 15.2 Å². The molecule has 1 aromatic rings. The van der Waals surface area contributed by atoms with Crippen LogP contribution in [-0.4, -0.2) is 44.7 Å². The van der Waals surface area contributed by atoms with E-state index in [1.165, 1.54) is 0 Å². The van der Waals surface area contributed by atoms with Crippen LogP contribution >= 0.6 is 0 Å². The van der Waals surface area contributed by atoms with Crippen molar-refractivity contribution in [3.8, 4) is 11.5 Å². The van der Waals surface area contributed by atoms with Gasteiger partial charge in [0.1, 0.15) is 11.5 Å². The smallest absolute Gasteiger partial charge is 0.257 e. The van der Waals surface area contributed by atoms with Crippen molar-refractivity contribution >= 4 is 5.91 Å². The number of rotatable bonds is 4. The second kappa shape index (κ2) is 6.35. The van der Waals surface area contributed by atoms with Gasteiger partial charge in [0.2, 0.25) is 0 Å². The highest BCUT2D eigenvalue weighted by Gasteiger charge is 2.31. The Morgan fingerprint density at radius 1 is 1.29 bits per heavy atom. The fourth-order valence-corrected chi connectivity index (χ4v) is 2.61. The van der Waals surface area contributed by atoms with Gasteiger partial charge in [-0.1, -0.05) is 6.92 Å². The van der Waals surface area contributed by atoms with E-state index in [1.807, 2.05) is 4.90 Å². The fourth-order valence-electron chi connectivity index (χ4n) is 2.61. The molecule has 116 valence electrons. The number of hydrogen-bond acceptors (Lipinski definition) is 4. The number of carbonyl (C=O) groups excluding carboxylic acids is 1. The van der Waals surface area contributed by atoms with E-state index in [2.05, 4.69) is 6.92 Å². The topological polar surface area (TPSA) is 64.8 Å². The molecule has 0 aromatic heterocycles. The fraction of sp³-hybridized carbons (Fsp3) is 0.562. The molecule has 1 aliphatic rings. The molecule has 1 saturated heterocycles. The molecule has 0 spiro atoms. The predicted molar refractivity (Wildman–Crippen MR) is 81.8 cm³/mol. The Kier molecular flexibility index (Phi) is 4.73. The van der Waals surface area contributed by atoms with Crippen LogP contribution in [0.4, 0.5) is 0 Å². The number of amides is 1. The first-order chi connectivity index (χ1) is 10.0. The minimum atomic E-state index is -0.00942. The van der Waals surface area contributed by atoms with E-state index in [-0.39, 0.29) is 11.3 Å². The SMILES string of the molecule is COc1ccc(OC)c(C(=O)N2CCC(C)(CN)CC2)c1. The molecule has 1 aliphatic heterocycles. The summed E-state index contributed by atoms with van der Waals surface area (Å²) >= 11 is 0. The average Bonchev–Trinajstić information content (AvgIpc) is 2.54. The summed E-state index contributed by atoms with van der Waals surface area (Å²) in [6.45, 7) is 4.30. The van der Waals surface area contributed by atoms with Crippen LogP contribution < -0.4 is 15.2 Å². The predicted octanol–water partition coefficient (Wildman–Crippen LogP) is 1.90. The van der Waals surface area contributed by atoms with Crippen molar-refractivity contribution in [2.75, 3.05) is 33.9 Å². The summed E-state index contributed by atoms with van der Waals surface area (Å²) in [5.41, 5.74) is 6.51. The maximum Gasteiger partial charge on any atom is 0.257 e. The van der Waals surface area contributed by atoms with E-state index in [9.17, 15) is 4.79 Å². The maximum absolute atomic E-state index is 12.7. The number of nitrogens with zero attached hydrogens (tertiary/aromatic N) is 1. The zero-order valence-corrected chi connectivity index (χ0v) is 13.0. The van der Waals surface area contributed by atoms with Crippen molar-refractivity contribution in [3.05, 3.63) is 23.8 Å². The highest BCUT2D eigenvalue weighted by atomic mass is 16.5. The largest absolute Gasteiger partial charge is 0.497 e. The molecule has 1 amide bonds. The van der Waals surface area contributed by atoms with Gasteiger partial charge in [0.25, 0.3) is 5.91 Å². The molecule has 1 aromatic carbocycles. The third-order valence-corrected chi connectivity index (χ3v) is 4.39. The highest BCUT2D eigenvalue weighted by molar-refractivity contribution is 5.97. The molecule has 2 rings (SSSR count). The average molecular weight is 292 g/mol. The molecule has 1 fully saturated rings. The van der Waals surface area contributed by atoms with Crippen LogP contribution in [0.15, 0.2) is 18.2 Å². The van der Waals surface area contributed by atoms with E-state index >= 15 is 0 Å². The van der Waals surface area contributed by atoms with Gasteiger partial charge >= 0.3 is 0 Å². The molecule has 0 unspecified atom stereocenters. The Morgan fingerprint density at radius 2 is 1.95 bits per heavy atom. The molecule has 5 nitrogen and oxygen atoms in total. The molecule has 0 bridgehead atoms. The summed E-state index contributed by atoms with van der Waals surface area (Å²) in [7, 11) is 3.16. The lowest BCUT2D eigenvalue weighted by Crippen LogP contribution is -2.44. The minimum Gasteiger partial charge on any atom is -0.497 e. The van der Waals surface area contributed by atoms with Crippen molar-refractivity contribution in [3.63, 3.8) is 0 Å². The van der Waals surface area contributed by atoms with E-state index in [0.29, 0.717) is 23.6 Å². The van der Waals surface area contributed by atoms with Crippen LogP contribution in [0.25, 0.3) is 0 Å². The third kappa shape index (κ3) is 3.29. The number of piperidine rings is 1. The molecular formula is C16H24N2O3. The summed E-state index contributed by atoms with van der Waals surface area (Å²) in [5, 5.41) is 0. The van der Waals surface area contributed by atoms with Gasteiger partial charge in [-0.3, -0.25) is 4.79 Å². The number of likely N-dealkylation sites (tertiary alicyclic amines) is 1. The molecule has 5 heteroatoms. The Bertz CT molecular complexity index is 508. The lowest BCUT2D eigenvalue weighted by molar-refractivity contribution is 0.0614. The summed E-state index contributed by atoms with van der Waals surface area (Å²) < 4.78 is 10.5. The van der Waals surface area contributed by atoms with Gasteiger partial charge in [0.15, 0.2) is 0 Å². The minimum absolute atomic E-state index is 0.00942. The summed E-state index contributed by atoms with van der Waals surface area (Å²) in [4.78, 5) is 14.6. The quantitative estimate of drug-likeness (QED) is 0.920. The Labute approximate surface area is 126 Å².